The summed E-state index contributed by atoms with van der Waals surface area (Å²) in [4.78, 5) is 11.8. The third-order valence-corrected chi connectivity index (χ3v) is 2.46. The number of aliphatic hydroxyl groups is 1. The van der Waals surface area contributed by atoms with Crippen LogP contribution in [-0.4, -0.2) is 37.2 Å². The number of rotatable bonds is 6. The first-order valence-electron chi connectivity index (χ1n) is 5.70. The van der Waals surface area contributed by atoms with Gasteiger partial charge in [0.1, 0.15) is 11.9 Å². The highest BCUT2D eigenvalue weighted by Gasteiger charge is 2.16. The summed E-state index contributed by atoms with van der Waals surface area (Å²) in [6.07, 6.45) is -1.00. The summed E-state index contributed by atoms with van der Waals surface area (Å²) in [5, 5.41) is 12.4. The Kier molecular flexibility index (Phi) is 5.12. The monoisotopic (exact) mass is 237 g/mol. The molecule has 4 heteroatoms. The van der Waals surface area contributed by atoms with Gasteiger partial charge in [-0.15, -0.1) is 0 Å². The topological polar surface area (TPSA) is 58.6 Å². The number of Topliss-reactive ketones (excluding diaryl/α,β-unsaturated/α-hetero) is 1. The summed E-state index contributed by atoms with van der Waals surface area (Å²) < 4.78 is 5.39. The van der Waals surface area contributed by atoms with Gasteiger partial charge in [0.2, 0.25) is 0 Å². The summed E-state index contributed by atoms with van der Waals surface area (Å²) in [6.45, 7) is 4.64. The summed E-state index contributed by atoms with van der Waals surface area (Å²) in [5.74, 6) is 0.498. The molecule has 0 aromatic heterocycles. The molecule has 0 aliphatic heterocycles. The molecule has 1 unspecified atom stereocenters. The number of ether oxygens (including phenoxy) is 1. The Morgan fingerprint density at radius 1 is 1.53 bits per heavy atom. The highest BCUT2D eigenvalue weighted by molar-refractivity contribution is 5.99. The second-order valence-electron chi connectivity index (χ2n) is 3.85. The molecule has 17 heavy (non-hydrogen) atoms. The van der Waals surface area contributed by atoms with Crippen molar-refractivity contribution in [2.75, 3.05) is 20.2 Å². The van der Waals surface area contributed by atoms with Crippen LogP contribution in [-0.2, 0) is 0 Å². The molecule has 0 fully saturated rings. The van der Waals surface area contributed by atoms with Gasteiger partial charge in [-0.05, 0) is 44.7 Å². The maximum absolute atomic E-state index is 11.8. The second-order valence-corrected chi connectivity index (χ2v) is 3.85. The van der Waals surface area contributed by atoms with Crippen LogP contribution in [0.4, 0.5) is 0 Å². The molecular weight excluding hydrogens is 218 g/mol. The van der Waals surface area contributed by atoms with Crippen molar-refractivity contribution >= 4 is 5.78 Å². The fraction of sp³-hybridized carbons (Fsp3) is 0.462. The molecule has 0 radical (unpaired) electrons. The molecule has 0 aliphatic rings. The standard InChI is InChI=1S/C13H19NO3/c1-4-17-12-6-5-10(7-9(12)2)13(16)11(15)8-14-3/h5-7,11,14-15H,4,8H2,1-3H3. The molecule has 0 spiro atoms. The van der Waals surface area contributed by atoms with Crippen molar-refractivity contribution in [1.29, 1.82) is 0 Å². The van der Waals surface area contributed by atoms with Crippen LogP contribution in [0, 0.1) is 6.92 Å². The van der Waals surface area contributed by atoms with Crippen LogP contribution in [0.5, 0.6) is 5.75 Å². The molecular formula is C13H19NO3. The van der Waals surface area contributed by atoms with Crippen LogP contribution in [0.25, 0.3) is 0 Å². The lowest BCUT2D eigenvalue weighted by molar-refractivity contribution is 0.0750. The molecule has 1 aromatic rings. The summed E-state index contributed by atoms with van der Waals surface area (Å²) >= 11 is 0. The van der Waals surface area contributed by atoms with E-state index in [0.717, 1.165) is 11.3 Å². The zero-order valence-corrected chi connectivity index (χ0v) is 10.5. The van der Waals surface area contributed by atoms with Crippen LogP contribution >= 0.6 is 0 Å². The Balaban J connectivity index is 2.85. The lowest BCUT2D eigenvalue weighted by Crippen LogP contribution is -2.31. The third-order valence-electron chi connectivity index (χ3n) is 2.46. The van der Waals surface area contributed by atoms with Crippen molar-refractivity contribution in [1.82, 2.24) is 5.32 Å². The normalized spacial score (nSPS) is 12.2. The van der Waals surface area contributed by atoms with Crippen molar-refractivity contribution in [2.24, 2.45) is 0 Å². The fourth-order valence-corrected chi connectivity index (χ4v) is 1.60. The van der Waals surface area contributed by atoms with Crippen LogP contribution in [0.15, 0.2) is 18.2 Å². The van der Waals surface area contributed by atoms with Gasteiger partial charge in [0.15, 0.2) is 5.78 Å². The van der Waals surface area contributed by atoms with Crippen LogP contribution in [0.3, 0.4) is 0 Å². The third kappa shape index (κ3) is 3.54. The minimum atomic E-state index is -1.00. The summed E-state index contributed by atoms with van der Waals surface area (Å²) in [5.41, 5.74) is 1.41. The van der Waals surface area contributed by atoms with Crippen molar-refractivity contribution in [3.05, 3.63) is 29.3 Å². The highest BCUT2D eigenvalue weighted by Crippen LogP contribution is 2.19. The first-order valence-corrected chi connectivity index (χ1v) is 5.70. The van der Waals surface area contributed by atoms with E-state index in [1.807, 2.05) is 13.8 Å². The van der Waals surface area contributed by atoms with E-state index < -0.39 is 6.10 Å². The lowest BCUT2D eigenvalue weighted by atomic mass is 10.0. The molecule has 2 N–H and O–H groups in total. The van der Waals surface area contributed by atoms with E-state index in [0.29, 0.717) is 12.2 Å². The number of carbonyl (C=O) groups is 1. The number of hydrogen-bond donors (Lipinski definition) is 2. The molecule has 0 heterocycles. The Morgan fingerprint density at radius 3 is 2.76 bits per heavy atom. The quantitative estimate of drug-likeness (QED) is 0.729. The van der Waals surface area contributed by atoms with Crippen molar-refractivity contribution < 1.29 is 14.6 Å². The van der Waals surface area contributed by atoms with E-state index in [4.69, 9.17) is 4.74 Å². The number of benzene rings is 1. The first-order chi connectivity index (χ1) is 8.10. The SMILES string of the molecule is CCOc1ccc(C(=O)C(O)CNC)cc1C. The van der Waals surface area contributed by atoms with Gasteiger partial charge in [-0.1, -0.05) is 0 Å². The minimum absolute atomic E-state index is 0.255. The minimum Gasteiger partial charge on any atom is -0.494 e. The van der Waals surface area contributed by atoms with Crippen molar-refractivity contribution in [3.63, 3.8) is 0 Å². The number of ketones is 1. The fourth-order valence-electron chi connectivity index (χ4n) is 1.60. The Morgan fingerprint density at radius 2 is 2.24 bits per heavy atom. The summed E-state index contributed by atoms with van der Waals surface area (Å²) in [6, 6.07) is 5.18. The largest absolute Gasteiger partial charge is 0.494 e. The molecule has 0 aliphatic carbocycles. The van der Waals surface area contributed by atoms with E-state index >= 15 is 0 Å². The molecule has 4 nitrogen and oxygen atoms in total. The van der Waals surface area contributed by atoms with Gasteiger partial charge >= 0.3 is 0 Å². The van der Waals surface area contributed by atoms with Crippen LogP contribution < -0.4 is 10.1 Å². The van der Waals surface area contributed by atoms with E-state index in [9.17, 15) is 9.90 Å². The molecule has 94 valence electrons. The number of hydrogen-bond acceptors (Lipinski definition) is 4. The van der Waals surface area contributed by atoms with Gasteiger partial charge in [-0.2, -0.15) is 0 Å². The van der Waals surface area contributed by atoms with E-state index in [2.05, 4.69) is 5.32 Å². The average Bonchev–Trinajstić information content (AvgIpc) is 2.31. The van der Waals surface area contributed by atoms with Gasteiger partial charge in [0, 0.05) is 12.1 Å². The molecule has 0 saturated carbocycles. The lowest BCUT2D eigenvalue weighted by Gasteiger charge is -2.11. The number of likely N-dealkylation sites (N-methyl/N-ethyl adjacent to an activating group) is 1. The number of nitrogens with one attached hydrogen (secondary N) is 1. The van der Waals surface area contributed by atoms with E-state index in [1.54, 1.807) is 25.2 Å². The highest BCUT2D eigenvalue weighted by atomic mass is 16.5. The number of carbonyl (C=O) groups excluding carboxylic acids is 1. The van der Waals surface area contributed by atoms with Gasteiger partial charge in [0.25, 0.3) is 0 Å². The van der Waals surface area contributed by atoms with Crippen molar-refractivity contribution in [2.45, 2.75) is 20.0 Å². The van der Waals surface area contributed by atoms with Crippen LogP contribution in [0.1, 0.15) is 22.8 Å². The molecule has 1 atom stereocenters. The predicted octanol–water partition coefficient (Wildman–Crippen LogP) is 1.16. The van der Waals surface area contributed by atoms with Crippen LogP contribution in [0.2, 0.25) is 0 Å². The van der Waals surface area contributed by atoms with Gasteiger partial charge < -0.3 is 15.2 Å². The zero-order chi connectivity index (χ0) is 12.8. The maximum atomic E-state index is 11.8. The Bertz CT molecular complexity index is 390. The Hall–Kier alpha value is -1.39. The van der Waals surface area contributed by atoms with Gasteiger partial charge in [0.05, 0.1) is 6.61 Å². The van der Waals surface area contributed by atoms with E-state index in [-0.39, 0.29) is 12.3 Å². The predicted molar refractivity (Wildman–Crippen MR) is 66.6 cm³/mol. The number of aryl methyl sites for hydroxylation is 1. The number of aliphatic hydroxyl groups excluding tert-OH is 1. The maximum Gasteiger partial charge on any atom is 0.192 e. The molecule has 0 bridgehead atoms. The Labute approximate surface area is 102 Å². The van der Waals surface area contributed by atoms with E-state index in [1.165, 1.54) is 0 Å². The molecule has 1 rings (SSSR count). The molecule has 1 aromatic carbocycles. The second kappa shape index (κ2) is 6.37. The smallest absolute Gasteiger partial charge is 0.192 e. The molecule has 0 saturated heterocycles. The van der Waals surface area contributed by atoms with Crippen molar-refractivity contribution in [3.8, 4) is 5.75 Å². The summed E-state index contributed by atoms with van der Waals surface area (Å²) in [7, 11) is 1.69. The van der Waals surface area contributed by atoms with Gasteiger partial charge in [-0.3, -0.25) is 4.79 Å². The zero-order valence-electron chi connectivity index (χ0n) is 10.5. The average molecular weight is 237 g/mol. The van der Waals surface area contributed by atoms with Gasteiger partial charge in [-0.25, -0.2) is 0 Å². The first kappa shape index (κ1) is 13.7. The molecule has 0 amide bonds.